The molecule has 0 spiro atoms. The quantitative estimate of drug-likeness (QED) is 0.0702. The first-order valence-corrected chi connectivity index (χ1v) is 18.8. The second-order valence-electron chi connectivity index (χ2n) is 13.7. The summed E-state index contributed by atoms with van der Waals surface area (Å²) in [5, 5.41) is 0. The molecule has 0 saturated carbocycles. The topological polar surface area (TPSA) is 8.81 Å². The second-order valence-corrected chi connectivity index (χ2v) is 15.7. The molecule has 2 nitrogen and oxygen atoms in total. The molecule has 0 amide bonds. The molecule has 0 aliphatic rings. The molecule has 0 fully saturated rings. The minimum Gasteiger partial charge on any atom is -0.0622 e. The van der Waals surface area contributed by atoms with Crippen molar-refractivity contribution in [1.82, 2.24) is 4.57 Å². The van der Waals surface area contributed by atoms with Crippen LogP contribution in [0.5, 0.6) is 0 Å². The van der Waals surface area contributed by atoms with Crippen LogP contribution >= 0.6 is 0 Å². The maximum atomic E-state index is 15.0. The molecule has 48 heavy (non-hydrogen) atoms. The van der Waals surface area contributed by atoms with E-state index in [4.69, 9.17) is 0 Å². The van der Waals surface area contributed by atoms with Gasteiger partial charge in [0, 0.05) is 0 Å². The molecule has 4 aromatic carbocycles. The Hall–Kier alpha value is -3.97. The van der Waals surface area contributed by atoms with Crippen LogP contribution in [0.2, 0.25) is 0 Å². The minimum absolute atomic E-state index is 0.0290. The van der Waals surface area contributed by atoms with Crippen LogP contribution in [0, 0.1) is 13.8 Å². The standard InChI is InChI=1S/C27H36F4N2Si.2C7H8/c1-17(2)21-11-9-12-22(18(3)4)25(21)32-15-16-33(27(32)34(28,29,30)31)26-23(19(5)6)13-10-14-24(26)20(7)8;2*1-7-5-3-2-4-6-7/h9-20H,1-8H3;2*2-6H,1H3. The molecular formula is C41H52F4N2Si. The Morgan fingerprint density at radius 3 is 1.15 bits per heavy atom. The van der Waals surface area contributed by atoms with Crippen molar-refractivity contribution in [2.75, 3.05) is 0 Å². The number of aromatic nitrogens is 2. The number of nitrogens with zero attached hydrogens (tertiary/aromatic N) is 2. The van der Waals surface area contributed by atoms with Crippen LogP contribution in [0.3, 0.4) is 0 Å². The van der Waals surface area contributed by atoms with Crippen LogP contribution in [0.25, 0.3) is 11.4 Å². The van der Waals surface area contributed by atoms with Crippen molar-refractivity contribution in [1.29, 1.82) is 0 Å². The zero-order chi connectivity index (χ0) is 35.8. The molecule has 5 rings (SSSR count). The Kier molecular flexibility index (Phi) is 12.8. The molecule has 1 aromatic heterocycles. The van der Waals surface area contributed by atoms with E-state index in [1.54, 1.807) is 0 Å². The van der Waals surface area contributed by atoms with Crippen LogP contribution in [-0.2, 0) is 0 Å². The average molecular weight is 677 g/mol. The van der Waals surface area contributed by atoms with E-state index in [-0.39, 0.29) is 23.7 Å². The van der Waals surface area contributed by atoms with Gasteiger partial charge in [-0.1, -0.05) is 71.8 Å². The van der Waals surface area contributed by atoms with E-state index in [1.165, 1.54) is 23.5 Å². The number of benzene rings is 4. The number of para-hydroxylation sites is 2. The zero-order valence-corrected chi connectivity index (χ0v) is 31.1. The van der Waals surface area contributed by atoms with Crippen LogP contribution < -0.4 is 10.0 Å². The maximum Gasteiger partial charge on any atom is -0.0398 e. The Morgan fingerprint density at radius 2 is 0.854 bits per heavy atom. The first-order valence-electron chi connectivity index (χ1n) is 16.8. The molecule has 0 saturated heterocycles. The summed E-state index contributed by atoms with van der Waals surface area (Å²) < 4.78 is 62.0. The molecule has 1 heterocycles. The number of rotatable bonds is 7. The van der Waals surface area contributed by atoms with E-state index < -0.39 is 14.1 Å². The first kappa shape index (κ1) is 38.5. The molecule has 0 aliphatic carbocycles. The van der Waals surface area contributed by atoms with E-state index in [2.05, 4.69) is 38.1 Å². The summed E-state index contributed by atoms with van der Waals surface area (Å²) in [7, 11) is -8.53. The van der Waals surface area contributed by atoms with Gasteiger partial charge in [0.2, 0.25) is 0 Å². The Labute approximate surface area is 286 Å². The van der Waals surface area contributed by atoms with Crippen molar-refractivity contribution in [3.05, 3.63) is 143 Å². The third-order valence-corrected chi connectivity index (χ3v) is 9.36. The van der Waals surface area contributed by atoms with Gasteiger partial charge in [0.25, 0.3) is 0 Å². The molecule has 0 N–H and O–H groups in total. The minimum atomic E-state index is -8.53. The number of halogens is 4. The molecule has 0 bridgehead atoms. The van der Waals surface area contributed by atoms with Gasteiger partial charge in [-0.05, 0) is 13.8 Å². The van der Waals surface area contributed by atoms with Crippen molar-refractivity contribution >= 4 is 14.1 Å². The Bertz CT molecular complexity index is 1570. The number of hydrogen-bond acceptors (Lipinski definition) is 0. The summed E-state index contributed by atoms with van der Waals surface area (Å²) in [6.45, 7) is 19.7. The summed E-state index contributed by atoms with van der Waals surface area (Å²) in [5.41, 5.74) is 5.36. The maximum absolute atomic E-state index is 15.0. The predicted molar refractivity (Wildman–Crippen MR) is 196 cm³/mol. The number of imidazole rings is 1. The van der Waals surface area contributed by atoms with Gasteiger partial charge in [0.1, 0.15) is 0 Å². The third kappa shape index (κ3) is 9.78. The normalized spacial score (nSPS) is 12.3. The molecule has 258 valence electrons. The van der Waals surface area contributed by atoms with Gasteiger partial charge in [-0.2, -0.15) is 0 Å². The molecule has 0 radical (unpaired) electrons. The molecule has 0 aliphatic heterocycles. The number of aryl methyl sites for hydroxylation is 2. The van der Waals surface area contributed by atoms with E-state index >= 15 is 0 Å². The fourth-order valence-corrected chi connectivity index (χ4v) is 6.87. The van der Waals surface area contributed by atoms with Crippen LogP contribution in [0.15, 0.2) is 109 Å². The van der Waals surface area contributed by atoms with Crippen LogP contribution in [0.1, 0.15) is 112 Å². The van der Waals surface area contributed by atoms with Gasteiger partial charge < -0.3 is 0 Å². The first-order chi connectivity index (χ1) is 22.4. The van der Waals surface area contributed by atoms with E-state index in [9.17, 15) is 16.4 Å². The van der Waals surface area contributed by atoms with Crippen LogP contribution in [-0.4, -0.2) is 13.3 Å². The monoisotopic (exact) mass is 676 g/mol. The van der Waals surface area contributed by atoms with Gasteiger partial charge >= 0.3 is 201 Å². The van der Waals surface area contributed by atoms with Crippen molar-refractivity contribution in [2.45, 2.75) is 92.9 Å². The summed E-state index contributed by atoms with van der Waals surface area (Å²) in [6.07, 6.45) is 2.77. The molecule has 0 atom stereocenters. The van der Waals surface area contributed by atoms with Crippen molar-refractivity contribution in [2.24, 2.45) is 0 Å². The summed E-state index contributed by atoms with van der Waals surface area (Å²) in [5.74, 6) is -0.116. The van der Waals surface area contributed by atoms with E-state index in [0.717, 1.165) is 31.4 Å². The summed E-state index contributed by atoms with van der Waals surface area (Å²) >= 11 is 0. The van der Waals surface area contributed by atoms with Gasteiger partial charge in [0.15, 0.2) is 0 Å². The second kappa shape index (κ2) is 15.9. The third-order valence-electron chi connectivity index (χ3n) is 8.21. The molecule has 0 unspecified atom stereocenters. The van der Waals surface area contributed by atoms with E-state index in [1.807, 2.05) is 128 Å². The predicted octanol–water partition coefficient (Wildman–Crippen LogP) is 11.7. The molecule has 7 heteroatoms. The zero-order valence-electron chi connectivity index (χ0n) is 30.1. The average Bonchev–Trinajstić information content (AvgIpc) is 3.47. The summed E-state index contributed by atoms with van der Waals surface area (Å²) in [4.78, 5) is 0. The Balaban J connectivity index is 0.000000364. The van der Waals surface area contributed by atoms with Gasteiger partial charge in [0.05, 0.1) is 0 Å². The molecule has 5 aromatic rings. The molecular weight excluding hydrogens is 625 g/mol. The van der Waals surface area contributed by atoms with Crippen molar-refractivity contribution < 1.29 is 21.0 Å². The van der Waals surface area contributed by atoms with Gasteiger partial charge in [-0.15, -0.1) is 0 Å². The summed E-state index contributed by atoms with van der Waals surface area (Å²) in [6, 6.07) is 31.6. The van der Waals surface area contributed by atoms with Crippen LogP contribution in [0.4, 0.5) is 16.4 Å². The fraction of sp³-hybridized carbons (Fsp3) is 0.341. The fourth-order valence-electron chi connectivity index (χ4n) is 5.76. The SMILES string of the molecule is CC(C)c1cccc(C(C)C)c1-n1cc[n+](-c2c(C(C)C)cccc2C(C)C)c1[Si-](F)(F)(F)F.Cc1ccccc1.Cc1ccccc1. The van der Waals surface area contributed by atoms with Gasteiger partial charge in [-0.3, -0.25) is 0 Å². The largest absolute Gasteiger partial charge is 0.0622 e. The van der Waals surface area contributed by atoms with Crippen molar-refractivity contribution in [3.63, 3.8) is 0 Å². The Morgan fingerprint density at radius 1 is 0.500 bits per heavy atom. The number of hydrogen-bond donors (Lipinski definition) is 0. The van der Waals surface area contributed by atoms with Crippen molar-refractivity contribution in [3.8, 4) is 11.4 Å². The van der Waals surface area contributed by atoms with E-state index in [0.29, 0.717) is 11.4 Å². The smallest absolute Gasteiger partial charge is 0.0398 e. The van der Waals surface area contributed by atoms with Gasteiger partial charge in [-0.25, -0.2) is 0 Å².